The van der Waals surface area contributed by atoms with Crippen molar-refractivity contribution in [1.82, 2.24) is 9.55 Å². The molecular formula is C22H29N3O3S. The summed E-state index contributed by atoms with van der Waals surface area (Å²) in [6, 6.07) is 6.01. The lowest BCUT2D eigenvalue weighted by Crippen LogP contribution is -2.24. The Hall–Kier alpha value is -2.15. The van der Waals surface area contributed by atoms with Crippen LogP contribution in [0.4, 0.5) is 5.69 Å². The second-order valence-electron chi connectivity index (χ2n) is 7.83. The van der Waals surface area contributed by atoms with Gasteiger partial charge in [0.25, 0.3) is 0 Å². The Balaban J connectivity index is 1.46. The number of benzene rings is 1. The summed E-state index contributed by atoms with van der Waals surface area (Å²) in [5.41, 5.74) is 2.99. The molecule has 6 nitrogen and oxygen atoms in total. The molecule has 2 aliphatic rings. The summed E-state index contributed by atoms with van der Waals surface area (Å²) in [5, 5.41) is 3.70. The summed E-state index contributed by atoms with van der Waals surface area (Å²) in [6.45, 7) is 7.21. The van der Waals surface area contributed by atoms with E-state index in [2.05, 4.69) is 23.7 Å². The molecule has 0 saturated heterocycles. The normalized spacial score (nSPS) is 17.8. The molecule has 0 bridgehead atoms. The Morgan fingerprint density at radius 3 is 2.66 bits per heavy atom. The van der Waals surface area contributed by atoms with Crippen LogP contribution in [0.5, 0.6) is 11.5 Å². The zero-order valence-electron chi connectivity index (χ0n) is 17.4. The van der Waals surface area contributed by atoms with E-state index in [0.29, 0.717) is 25.0 Å². The van der Waals surface area contributed by atoms with Crippen molar-refractivity contribution in [1.29, 1.82) is 0 Å². The summed E-state index contributed by atoms with van der Waals surface area (Å²) in [4.78, 5) is 17.6. The molecule has 156 valence electrons. The van der Waals surface area contributed by atoms with Gasteiger partial charge < -0.3 is 19.4 Å². The number of nitrogens with zero attached hydrogens (tertiary/aromatic N) is 2. The van der Waals surface area contributed by atoms with Gasteiger partial charge >= 0.3 is 0 Å². The number of anilines is 1. The molecule has 1 aliphatic heterocycles. The lowest BCUT2D eigenvalue weighted by Gasteiger charge is -2.26. The molecule has 2 aromatic rings. The van der Waals surface area contributed by atoms with Crippen LogP contribution in [0.1, 0.15) is 56.5 Å². The third-order valence-electron chi connectivity index (χ3n) is 5.76. The number of nitrogens with one attached hydrogen (secondary N) is 1. The molecule has 0 spiro atoms. The number of ether oxygens (including phenoxy) is 2. The van der Waals surface area contributed by atoms with Crippen molar-refractivity contribution >= 4 is 23.4 Å². The second kappa shape index (κ2) is 8.69. The SMILES string of the molecule is Cc1nc(SC(C)C(=O)Nc2ccc3c(c2)OCCO3)n(C2CCCCC2)c1C. The molecule has 1 aromatic heterocycles. The van der Waals surface area contributed by atoms with Crippen LogP contribution in [0.3, 0.4) is 0 Å². The highest BCUT2D eigenvalue weighted by Gasteiger charge is 2.25. The van der Waals surface area contributed by atoms with Gasteiger partial charge in [-0.15, -0.1) is 0 Å². The molecule has 4 rings (SSSR count). The van der Waals surface area contributed by atoms with Gasteiger partial charge in [0.1, 0.15) is 13.2 Å². The first-order valence-corrected chi connectivity index (χ1v) is 11.3. The monoisotopic (exact) mass is 415 g/mol. The third kappa shape index (κ3) is 4.39. The van der Waals surface area contributed by atoms with Gasteiger partial charge in [0, 0.05) is 23.5 Å². The lowest BCUT2D eigenvalue weighted by atomic mass is 9.95. The van der Waals surface area contributed by atoms with Crippen LogP contribution in [0, 0.1) is 13.8 Å². The van der Waals surface area contributed by atoms with E-state index in [9.17, 15) is 4.79 Å². The van der Waals surface area contributed by atoms with E-state index in [1.807, 2.05) is 25.1 Å². The fourth-order valence-corrected chi connectivity index (χ4v) is 5.10. The van der Waals surface area contributed by atoms with E-state index in [-0.39, 0.29) is 11.2 Å². The van der Waals surface area contributed by atoms with E-state index < -0.39 is 0 Å². The maximum atomic E-state index is 12.8. The Kier molecular flexibility index (Phi) is 6.04. The molecule has 1 saturated carbocycles. The average molecular weight is 416 g/mol. The largest absolute Gasteiger partial charge is 0.486 e. The summed E-state index contributed by atoms with van der Waals surface area (Å²) in [5.74, 6) is 1.35. The Labute approximate surface area is 176 Å². The molecule has 0 radical (unpaired) electrons. The predicted octanol–water partition coefficient (Wildman–Crippen LogP) is 4.90. The van der Waals surface area contributed by atoms with Crippen molar-refractivity contribution in [3.8, 4) is 11.5 Å². The number of hydrogen-bond donors (Lipinski definition) is 1. The molecular weight excluding hydrogens is 386 g/mol. The molecule has 1 unspecified atom stereocenters. The van der Waals surface area contributed by atoms with Crippen LogP contribution in [0.2, 0.25) is 0 Å². The topological polar surface area (TPSA) is 65.4 Å². The van der Waals surface area contributed by atoms with Gasteiger partial charge in [0.2, 0.25) is 5.91 Å². The van der Waals surface area contributed by atoms with Gasteiger partial charge in [-0.05, 0) is 45.7 Å². The third-order valence-corrected chi connectivity index (χ3v) is 6.82. The minimum absolute atomic E-state index is 0.0415. The predicted molar refractivity (Wildman–Crippen MR) is 115 cm³/mol. The van der Waals surface area contributed by atoms with Crippen molar-refractivity contribution in [2.45, 2.75) is 69.3 Å². The number of carbonyl (C=O) groups is 1. The average Bonchev–Trinajstić information content (AvgIpc) is 3.01. The van der Waals surface area contributed by atoms with E-state index >= 15 is 0 Å². The standard InChI is InChI=1S/C22H29N3O3S/c1-14-15(2)25(18-7-5-4-6-8-18)22(23-14)29-16(3)21(26)24-17-9-10-19-20(13-17)28-12-11-27-19/h9-10,13,16,18H,4-8,11-12H2,1-3H3,(H,24,26). The van der Waals surface area contributed by atoms with Gasteiger partial charge in [0.15, 0.2) is 16.7 Å². The molecule has 1 aromatic carbocycles. The summed E-state index contributed by atoms with van der Waals surface area (Å²) >= 11 is 1.54. The number of rotatable bonds is 5. The Morgan fingerprint density at radius 2 is 1.90 bits per heavy atom. The van der Waals surface area contributed by atoms with Crippen molar-refractivity contribution in [3.63, 3.8) is 0 Å². The quantitative estimate of drug-likeness (QED) is 0.704. The number of amides is 1. The molecule has 2 heterocycles. The number of carbonyl (C=O) groups excluding carboxylic acids is 1. The first-order chi connectivity index (χ1) is 14.0. The van der Waals surface area contributed by atoms with E-state index in [4.69, 9.17) is 14.5 Å². The maximum absolute atomic E-state index is 12.8. The number of thioether (sulfide) groups is 1. The number of fused-ring (bicyclic) bond motifs is 1. The molecule has 1 fully saturated rings. The van der Waals surface area contributed by atoms with Gasteiger partial charge in [-0.1, -0.05) is 31.0 Å². The van der Waals surface area contributed by atoms with Crippen molar-refractivity contribution < 1.29 is 14.3 Å². The minimum Gasteiger partial charge on any atom is -0.486 e. The zero-order valence-corrected chi connectivity index (χ0v) is 18.2. The Bertz CT molecular complexity index is 890. The molecule has 7 heteroatoms. The van der Waals surface area contributed by atoms with Gasteiger partial charge in [-0.25, -0.2) is 4.98 Å². The van der Waals surface area contributed by atoms with Gasteiger partial charge in [0.05, 0.1) is 10.9 Å². The molecule has 1 amide bonds. The highest BCUT2D eigenvalue weighted by Crippen LogP contribution is 2.36. The minimum atomic E-state index is -0.258. The van der Waals surface area contributed by atoms with Crippen LogP contribution < -0.4 is 14.8 Å². The smallest absolute Gasteiger partial charge is 0.237 e. The highest BCUT2D eigenvalue weighted by atomic mass is 32.2. The first-order valence-electron chi connectivity index (χ1n) is 10.5. The van der Waals surface area contributed by atoms with Gasteiger partial charge in [-0.2, -0.15) is 0 Å². The molecule has 29 heavy (non-hydrogen) atoms. The van der Waals surface area contributed by atoms with E-state index in [1.54, 1.807) is 0 Å². The fraction of sp³-hybridized carbons (Fsp3) is 0.545. The van der Waals surface area contributed by atoms with Crippen molar-refractivity contribution in [2.75, 3.05) is 18.5 Å². The number of imidazole rings is 1. The Morgan fingerprint density at radius 1 is 1.17 bits per heavy atom. The number of aryl methyl sites for hydroxylation is 1. The lowest BCUT2D eigenvalue weighted by molar-refractivity contribution is -0.115. The molecule has 1 atom stereocenters. The molecule has 1 aliphatic carbocycles. The summed E-state index contributed by atoms with van der Waals surface area (Å²) in [7, 11) is 0. The summed E-state index contributed by atoms with van der Waals surface area (Å²) in [6.07, 6.45) is 6.25. The van der Waals surface area contributed by atoms with Crippen LogP contribution in [0.15, 0.2) is 23.4 Å². The highest BCUT2D eigenvalue weighted by molar-refractivity contribution is 8.00. The van der Waals surface area contributed by atoms with Crippen molar-refractivity contribution in [2.24, 2.45) is 0 Å². The van der Waals surface area contributed by atoms with Crippen LogP contribution >= 0.6 is 11.8 Å². The number of hydrogen-bond acceptors (Lipinski definition) is 5. The fourth-order valence-electron chi connectivity index (χ4n) is 4.03. The second-order valence-corrected chi connectivity index (χ2v) is 9.14. The van der Waals surface area contributed by atoms with Gasteiger partial charge in [-0.3, -0.25) is 4.79 Å². The van der Waals surface area contributed by atoms with Crippen molar-refractivity contribution in [3.05, 3.63) is 29.6 Å². The maximum Gasteiger partial charge on any atom is 0.237 e. The summed E-state index contributed by atoms with van der Waals surface area (Å²) < 4.78 is 13.5. The first kappa shape index (κ1) is 20.1. The molecule has 1 N–H and O–H groups in total. The van der Waals surface area contributed by atoms with E-state index in [0.717, 1.165) is 22.3 Å². The van der Waals surface area contributed by atoms with Crippen LogP contribution in [0.25, 0.3) is 0 Å². The number of aromatic nitrogens is 2. The zero-order chi connectivity index (χ0) is 20.4. The van der Waals surface area contributed by atoms with Crippen LogP contribution in [-0.2, 0) is 4.79 Å². The van der Waals surface area contributed by atoms with E-state index in [1.165, 1.54) is 49.6 Å². The van der Waals surface area contributed by atoms with Crippen LogP contribution in [-0.4, -0.2) is 33.9 Å².